The summed E-state index contributed by atoms with van der Waals surface area (Å²) in [6, 6.07) is 25.5. The summed E-state index contributed by atoms with van der Waals surface area (Å²) in [6.45, 7) is 12.1. The number of nitrogens with two attached hydrogens (primary N) is 1. The number of nitrogens with one attached hydrogen (secondary N) is 3. The second kappa shape index (κ2) is 26.2. The number of carboxylic acids is 1. The van der Waals surface area contributed by atoms with Crippen LogP contribution in [0.5, 0.6) is 5.75 Å². The average molecular weight is 1040 g/mol. The highest BCUT2D eigenvalue weighted by Gasteiger charge is 2.33. The number of carbonyl (C=O) groups excluding carboxylic acids is 5. The van der Waals surface area contributed by atoms with E-state index in [0.717, 1.165) is 32.3 Å². The average Bonchev–Trinajstić information content (AvgIpc) is 3.63. The molecule has 382 valence electrons. The third-order valence-corrected chi connectivity index (χ3v) is 12.4. The minimum atomic E-state index is -1.23. The number of esters is 1. The number of rotatable bonds is 24. The quantitative estimate of drug-likeness (QED) is 0.0254. The first-order valence-corrected chi connectivity index (χ1v) is 24.8. The molecule has 17 heteroatoms. The molecule has 0 saturated heterocycles. The smallest absolute Gasteiger partial charge is 0.480 e. The number of fused-ring (bicyclic) bond motifs is 3. The fourth-order valence-corrected chi connectivity index (χ4v) is 8.72. The first kappa shape index (κ1) is 55.6. The maximum absolute atomic E-state index is 14.5. The highest BCUT2D eigenvalue weighted by Crippen LogP contribution is 2.44. The molecule has 5 rings (SSSR count). The number of benzene rings is 4. The van der Waals surface area contributed by atoms with Crippen molar-refractivity contribution >= 4 is 51.9 Å². The van der Waals surface area contributed by atoms with E-state index in [1.54, 1.807) is 39.0 Å². The molecule has 1 aliphatic carbocycles. The second-order valence-electron chi connectivity index (χ2n) is 19.6. The molecular weight excluding hydrogens is 975 g/mol. The Morgan fingerprint density at radius 3 is 1.99 bits per heavy atom. The molecule has 0 aromatic heterocycles. The first-order chi connectivity index (χ1) is 33.7. The van der Waals surface area contributed by atoms with E-state index in [9.17, 15) is 33.9 Å². The van der Waals surface area contributed by atoms with Gasteiger partial charge in [0.2, 0.25) is 11.8 Å². The lowest BCUT2D eigenvalue weighted by atomic mass is 9.98. The summed E-state index contributed by atoms with van der Waals surface area (Å²) in [5, 5.41) is 19.3. The van der Waals surface area contributed by atoms with E-state index < -0.39 is 72.3 Å². The molecule has 4 aromatic rings. The van der Waals surface area contributed by atoms with Crippen LogP contribution >= 0.6 is 15.9 Å². The number of hydrogen-bond donors (Lipinski definition) is 5. The zero-order chi connectivity index (χ0) is 51.8. The van der Waals surface area contributed by atoms with E-state index in [1.807, 2.05) is 94.4 Å². The third-order valence-electron chi connectivity index (χ3n) is 11.6. The lowest BCUT2D eigenvalue weighted by Gasteiger charge is -2.32. The number of alkyl carbamates (subject to hydrolysis) is 1. The summed E-state index contributed by atoms with van der Waals surface area (Å²) in [5.41, 5.74) is 10.9. The van der Waals surface area contributed by atoms with Crippen molar-refractivity contribution in [2.24, 2.45) is 17.6 Å². The largest absolute Gasteiger partial charge is 0.514 e. The van der Waals surface area contributed by atoms with Gasteiger partial charge in [-0.2, -0.15) is 0 Å². The summed E-state index contributed by atoms with van der Waals surface area (Å²) in [5.74, 6) is -2.88. The van der Waals surface area contributed by atoms with Gasteiger partial charge in [0, 0.05) is 35.1 Å². The van der Waals surface area contributed by atoms with Gasteiger partial charge in [0.1, 0.15) is 43.2 Å². The van der Waals surface area contributed by atoms with Gasteiger partial charge < -0.3 is 45.3 Å². The standard InChI is InChI=1S/C54H68BrN5O11/c1-33(2)26-45(56)49(62)59-46(27-34(3)4)50(63)60(30-48(61)71-54(5,6)7)25-24-37(29-57-52(66)68-32-43-41-17-11-9-15-39(41)40-16-10-12-18-42(40)43)58-47(51(64)65)28-35-20-22-38(23-21-35)70-53(67)69-31-36-14-8-13-19-44(36)55/h8-23,33-34,37,43,45-47,58H,24-32,56H2,1-7H3,(H,57,66)(H,59,62)(H,64,65)/t37?,45-,46-,47-/m0/s1. The van der Waals surface area contributed by atoms with Crippen molar-refractivity contribution in [3.05, 3.63) is 124 Å². The number of carboxylic acid groups (broad SMARTS) is 1. The van der Waals surface area contributed by atoms with Crippen LogP contribution in [0, 0.1) is 11.8 Å². The Kier molecular flexibility index (Phi) is 20.6. The van der Waals surface area contributed by atoms with Gasteiger partial charge >= 0.3 is 24.2 Å². The number of halogens is 1. The highest BCUT2D eigenvalue weighted by molar-refractivity contribution is 9.10. The summed E-state index contributed by atoms with van der Waals surface area (Å²) >= 11 is 3.42. The van der Waals surface area contributed by atoms with Crippen LogP contribution < -0.4 is 26.4 Å². The van der Waals surface area contributed by atoms with Gasteiger partial charge in [-0.05, 0) is 104 Å². The fourth-order valence-electron chi connectivity index (χ4n) is 8.32. The highest BCUT2D eigenvalue weighted by atomic mass is 79.9. The molecule has 0 fully saturated rings. The van der Waals surface area contributed by atoms with Gasteiger partial charge in [0.05, 0.1) is 6.04 Å². The lowest BCUT2D eigenvalue weighted by Crippen LogP contribution is -2.55. The Morgan fingerprint density at radius 2 is 1.39 bits per heavy atom. The van der Waals surface area contributed by atoms with Crippen LogP contribution in [0.3, 0.4) is 0 Å². The molecule has 16 nitrogen and oxygen atoms in total. The van der Waals surface area contributed by atoms with E-state index in [0.29, 0.717) is 12.0 Å². The molecule has 1 aliphatic rings. The number of nitrogens with zero attached hydrogens (tertiary/aromatic N) is 1. The van der Waals surface area contributed by atoms with Crippen LogP contribution in [0.4, 0.5) is 9.59 Å². The van der Waals surface area contributed by atoms with Crippen molar-refractivity contribution in [3.63, 3.8) is 0 Å². The van der Waals surface area contributed by atoms with Crippen LogP contribution in [-0.4, -0.2) is 102 Å². The second-order valence-corrected chi connectivity index (χ2v) is 20.5. The van der Waals surface area contributed by atoms with E-state index in [2.05, 4.69) is 31.9 Å². The van der Waals surface area contributed by atoms with Crippen molar-refractivity contribution in [1.82, 2.24) is 20.9 Å². The van der Waals surface area contributed by atoms with Crippen LogP contribution in [-0.2, 0) is 46.4 Å². The van der Waals surface area contributed by atoms with Gasteiger partial charge in [-0.3, -0.25) is 24.5 Å². The molecule has 6 N–H and O–H groups in total. The van der Waals surface area contributed by atoms with Crippen molar-refractivity contribution in [2.45, 2.75) is 116 Å². The van der Waals surface area contributed by atoms with Crippen LogP contribution in [0.1, 0.15) is 95.9 Å². The zero-order valence-corrected chi connectivity index (χ0v) is 43.2. The number of hydrogen-bond acceptors (Lipinski definition) is 12. The normalized spacial score (nSPS) is 13.8. The number of carbonyl (C=O) groups is 6. The molecule has 0 saturated carbocycles. The Morgan fingerprint density at radius 1 is 0.789 bits per heavy atom. The fraction of sp³-hybridized carbons (Fsp3) is 0.444. The van der Waals surface area contributed by atoms with Crippen LogP contribution in [0.25, 0.3) is 11.1 Å². The Hall–Kier alpha value is -6.30. The number of ether oxygens (including phenoxy) is 4. The monoisotopic (exact) mass is 1040 g/mol. The molecule has 0 heterocycles. The summed E-state index contributed by atoms with van der Waals surface area (Å²) < 4.78 is 22.8. The minimum Gasteiger partial charge on any atom is -0.480 e. The molecule has 4 aromatic carbocycles. The van der Waals surface area contributed by atoms with Crippen molar-refractivity contribution in [1.29, 1.82) is 0 Å². The summed E-state index contributed by atoms with van der Waals surface area (Å²) in [4.78, 5) is 81.5. The molecule has 4 atom stereocenters. The van der Waals surface area contributed by atoms with E-state index in [4.69, 9.17) is 24.7 Å². The van der Waals surface area contributed by atoms with Gasteiger partial charge in [-0.1, -0.05) is 122 Å². The number of amides is 3. The summed E-state index contributed by atoms with van der Waals surface area (Å²) in [7, 11) is 0. The number of aliphatic carboxylic acids is 1. The van der Waals surface area contributed by atoms with Crippen molar-refractivity contribution in [2.75, 3.05) is 26.2 Å². The molecule has 0 radical (unpaired) electrons. The Labute approximate surface area is 424 Å². The molecule has 0 bridgehead atoms. The first-order valence-electron chi connectivity index (χ1n) is 24.0. The van der Waals surface area contributed by atoms with Gasteiger partial charge in [-0.25, -0.2) is 9.59 Å². The summed E-state index contributed by atoms with van der Waals surface area (Å²) in [6.07, 6.45) is -1.03. The molecule has 0 spiro atoms. The molecule has 3 amide bonds. The van der Waals surface area contributed by atoms with Gasteiger partial charge in [0.25, 0.3) is 0 Å². The van der Waals surface area contributed by atoms with E-state index in [1.165, 1.54) is 17.0 Å². The van der Waals surface area contributed by atoms with E-state index >= 15 is 0 Å². The molecular formula is C54H68BrN5O11. The SMILES string of the molecule is CC(C)C[C@H](NC(=O)[C@@H](N)CC(C)C)C(=O)N(CCC(CNC(=O)OCC1c2ccccc2-c2ccccc21)N[C@@H](Cc1ccc(OC(=O)OCc2ccccc2Br)cc1)C(=O)O)CC(=O)OC(C)(C)C. The van der Waals surface area contributed by atoms with Gasteiger partial charge in [0.15, 0.2) is 0 Å². The Balaban J connectivity index is 1.34. The maximum atomic E-state index is 14.5. The van der Waals surface area contributed by atoms with Gasteiger partial charge in [-0.15, -0.1) is 0 Å². The molecule has 71 heavy (non-hydrogen) atoms. The maximum Gasteiger partial charge on any atom is 0.514 e. The van der Waals surface area contributed by atoms with Crippen LogP contribution in [0.2, 0.25) is 0 Å². The van der Waals surface area contributed by atoms with Crippen LogP contribution in [0.15, 0.2) is 102 Å². The van der Waals surface area contributed by atoms with E-state index in [-0.39, 0.29) is 69.1 Å². The zero-order valence-electron chi connectivity index (χ0n) is 41.6. The molecule has 0 aliphatic heterocycles. The predicted octanol–water partition coefficient (Wildman–Crippen LogP) is 8.12. The molecule has 1 unspecified atom stereocenters. The lowest BCUT2D eigenvalue weighted by molar-refractivity contribution is -0.159. The Bertz CT molecular complexity index is 2410. The minimum absolute atomic E-state index is 0.0171. The van der Waals surface area contributed by atoms with Crippen molar-refractivity contribution in [3.8, 4) is 16.9 Å². The predicted molar refractivity (Wildman–Crippen MR) is 272 cm³/mol. The third kappa shape index (κ3) is 17.5. The topological polar surface area (TPSA) is 225 Å². The van der Waals surface area contributed by atoms with Crippen molar-refractivity contribution < 1.29 is 52.8 Å².